The van der Waals surface area contributed by atoms with Gasteiger partial charge in [0, 0.05) is 49.1 Å². The number of fused-ring (bicyclic) bond motifs is 1. The van der Waals surface area contributed by atoms with Crippen molar-refractivity contribution in [2.75, 3.05) is 39.2 Å². The number of benzene rings is 2. The summed E-state index contributed by atoms with van der Waals surface area (Å²) in [5.74, 6) is -1.53. The highest BCUT2D eigenvalue weighted by Gasteiger charge is 2.26. The molecular formula is C32H32F2N6O4S. The monoisotopic (exact) mass is 634 g/mol. The van der Waals surface area contributed by atoms with Crippen LogP contribution in [0.4, 0.5) is 19.3 Å². The number of nitrogens with one attached hydrogen (secondary N) is 2. The van der Waals surface area contributed by atoms with Crippen LogP contribution < -0.4 is 21.9 Å². The van der Waals surface area contributed by atoms with E-state index < -0.39 is 29.4 Å². The molecule has 3 heterocycles. The number of ether oxygens (including phenoxy) is 1. The second-order valence-electron chi connectivity index (χ2n) is 10.3. The third kappa shape index (κ3) is 6.70. The van der Waals surface area contributed by atoms with Gasteiger partial charge in [0.25, 0.3) is 5.56 Å². The Morgan fingerprint density at radius 2 is 1.76 bits per heavy atom. The summed E-state index contributed by atoms with van der Waals surface area (Å²) < 4.78 is 37.2. The van der Waals surface area contributed by atoms with Gasteiger partial charge in [-0.1, -0.05) is 24.3 Å². The highest BCUT2D eigenvalue weighted by Crippen LogP contribution is 2.38. The molecule has 0 atom stereocenters. The van der Waals surface area contributed by atoms with E-state index in [1.54, 1.807) is 43.5 Å². The second kappa shape index (κ2) is 13.9. The first kappa shape index (κ1) is 31.7. The molecule has 0 bridgehead atoms. The van der Waals surface area contributed by atoms with Gasteiger partial charge in [-0.05, 0) is 61.5 Å². The van der Waals surface area contributed by atoms with E-state index in [9.17, 15) is 23.2 Å². The molecule has 13 heteroatoms. The summed E-state index contributed by atoms with van der Waals surface area (Å²) in [4.78, 5) is 47.5. The van der Waals surface area contributed by atoms with Crippen molar-refractivity contribution in [2.24, 2.45) is 0 Å². The van der Waals surface area contributed by atoms with Crippen LogP contribution in [0.15, 0.2) is 76.4 Å². The first-order valence-electron chi connectivity index (χ1n) is 14.2. The summed E-state index contributed by atoms with van der Waals surface area (Å²) in [5, 5.41) is 5.68. The average molecular weight is 635 g/mol. The normalized spacial score (nSPS) is 11.3. The molecule has 0 unspecified atom stereocenters. The van der Waals surface area contributed by atoms with E-state index >= 15 is 0 Å². The Bertz CT molecular complexity index is 1920. The van der Waals surface area contributed by atoms with Gasteiger partial charge in [-0.2, -0.15) is 0 Å². The number of amides is 2. The lowest BCUT2D eigenvalue weighted by atomic mass is 10.1. The van der Waals surface area contributed by atoms with E-state index in [0.29, 0.717) is 42.4 Å². The van der Waals surface area contributed by atoms with Crippen LogP contribution in [0.25, 0.3) is 26.5 Å². The predicted molar refractivity (Wildman–Crippen MR) is 171 cm³/mol. The zero-order valence-electron chi connectivity index (χ0n) is 25.0. The summed E-state index contributed by atoms with van der Waals surface area (Å²) in [6, 6.07) is 15.1. The minimum atomic E-state index is -0.808. The van der Waals surface area contributed by atoms with Crippen molar-refractivity contribution in [3.8, 4) is 16.3 Å². The number of aromatic nitrogens is 3. The van der Waals surface area contributed by atoms with Gasteiger partial charge in [-0.25, -0.2) is 27.9 Å². The van der Waals surface area contributed by atoms with E-state index in [0.717, 1.165) is 22.3 Å². The van der Waals surface area contributed by atoms with Gasteiger partial charge in [0.05, 0.1) is 18.5 Å². The number of halogens is 2. The molecule has 3 aromatic heterocycles. The maximum Gasteiger partial charge on any atom is 0.338 e. The Morgan fingerprint density at radius 3 is 2.40 bits per heavy atom. The average Bonchev–Trinajstić information content (AvgIpc) is 3.39. The SMILES string of the molecule is CCNC(=O)Nc1ccc(-c2sc3c(c2CN(C)CCOC)c(=O)n(-c2ccccn2)c(=O)n3Cc2c(F)cccc2F)cc1. The molecule has 0 saturated heterocycles. The van der Waals surface area contributed by atoms with Gasteiger partial charge < -0.3 is 15.4 Å². The summed E-state index contributed by atoms with van der Waals surface area (Å²) in [6.07, 6.45) is 1.46. The fourth-order valence-electron chi connectivity index (χ4n) is 4.96. The number of pyridine rings is 1. The van der Waals surface area contributed by atoms with Crippen LogP contribution in [0, 0.1) is 11.6 Å². The van der Waals surface area contributed by atoms with Crippen LogP contribution in [0.5, 0.6) is 0 Å². The minimum Gasteiger partial charge on any atom is -0.383 e. The van der Waals surface area contributed by atoms with Gasteiger partial charge in [0.2, 0.25) is 0 Å². The highest BCUT2D eigenvalue weighted by atomic mass is 32.1. The van der Waals surface area contributed by atoms with Crippen LogP contribution in [0.1, 0.15) is 18.1 Å². The molecule has 10 nitrogen and oxygen atoms in total. The van der Waals surface area contributed by atoms with Crippen molar-refractivity contribution in [1.82, 2.24) is 24.3 Å². The van der Waals surface area contributed by atoms with E-state index in [1.165, 1.54) is 34.2 Å². The number of carbonyl (C=O) groups is 1. The van der Waals surface area contributed by atoms with E-state index in [2.05, 4.69) is 15.6 Å². The molecular weight excluding hydrogens is 602 g/mol. The number of methoxy groups -OCH3 is 1. The van der Waals surface area contributed by atoms with Crippen molar-refractivity contribution in [3.05, 3.63) is 110 Å². The first-order chi connectivity index (χ1) is 21.7. The second-order valence-corrected chi connectivity index (χ2v) is 11.3. The lowest BCUT2D eigenvalue weighted by Crippen LogP contribution is -2.39. The molecule has 5 rings (SSSR count). The maximum absolute atomic E-state index is 14.9. The Morgan fingerprint density at radius 1 is 1.02 bits per heavy atom. The van der Waals surface area contributed by atoms with Gasteiger partial charge in [0.15, 0.2) is 0 Å². The lowest BCUT2D eigenvalue weighted by molar-refractivity contribution is 0.159. The number of carbonyl (C=O) groups excluding carboxylic acids is 1. The molecule has 2 aromatic carbocycles. The number of anilines is 1. The van der Waals surface area contributed by atoms with Crippen LogP contribution >= 0.6 is 11.3 Å². The topological polar surface area (TPSA) is 110 Å². The molecule has 45 heavy (non-hydrogen) atoms. The quantitative estimate of drug-likeness (QED) is 0.216. The van der Waals surface area contributed by atoms with Crippen molar-refractivity contribution in [3.63, 3.8) is 0 Å². The number of hydrogen-bond acceptors (Lipinski definition) is 7. The van der Waals surface area contributed by atoms with Gasteiger partial charge in [-0.15, -0.1) is 11.3 Å². The number of rotatable bonds is 11. The first-order valence-corrected chi connectivity index (χ1v) is 15.0. The fraction of sp³-hybridized carbons (Fsp3) is 0.250. The molecule has 0 aliphatic heterocycles. The van der Waals surface area contributed by atoms with Crippen molar-refractivity contribution in [1.29, 1.82) is 0 Å². The third-order valence-electron chi connectivity index (χ3n) is 7.18. The molecule has 0 radical (unpaired) electrons. The number of urea groups is 1. The largest absolute Gasteiger partial charge is 0.383 e. The summed E-state index contributed by atoms with van der Waals surface area (Å²) in [7, 11) is 3.48. The zero-order chi connectivity index (χ0) is 32.1. The summed E-state index contributed by atoms with van der Waals surface area (Å²) in [5.41, 5.74) is 0.257. The van der Waals surface area contributed by atoms with Crippen molar-refractivity contribution < 1.29 is 18.3 Å². The van der Waals surface area contributed by atoms with Crippen molar-refractivity contribution >= 4 is 33.3 Å². The molecule has 0 spiro atoms. The van der Waals surface area contributed by atoms with Crippen LogP contribution in [0.3, 0.4) is 0 Å². The van der Waals surface area contributed by atoms with Crippen LogP contribution in [-0.4, -0.2) is 58.9 Å². The van der Waals surface area contributed by atoms with Crippen LogP contribution in [0.2, 0.25) is 0 Å². The summed E-state index contributed by atoms with van der Waals surface area (Å²) >= 11 is 1.19. The standard InChI is InChI=1S/C32H32F2N6O4S/c1-4-35-31(42)37-21-13-11-20(12-14-21)28-23(18-38(2)16-17-44-3)27-29(41)40(26-10-5-6-15-36-26)32(43)39(30(27)45-28)19-22-24(33)8-7-9-25(22)34/h5-15H,4,16-19H2,1-3H3,(H2,35,37,42). The minimum absolute atomic E-state index is 0.0874. The Hall–Kier alpha value is -4.72. The fourth-order valence-corrected chi connectivity index (χ4v) is 6.26. The number of thiophene rings is 1. The molecule has 5 aromatic rings. The lowest BCUT2D eigenvalue weighted by Gasteiger charge is -2.17. The maximum atomic E-state index is 14.9. The van der Waals surface area contributed by atoms with Gasteiger partial charge >= 0.3 is 11.7 Å². The number of likely N-dealkylation sites (N-methyl/N-ethyl adjacent to an activating group) is 1. The molecule has 0 saturated carbocycles. The molecule has 2 N–H and O–H groups in total. The van der Waals surface area contributed by atoms with E-state index in [-0.39, 0.29) is 27.6 Å². The highest BCUT2D eigenvalue weighted by molar-refractivity contribution is 7.22. The van der Waals surface area contributed by atoms with Crippen molar-refractivity contribution in [2.45, 2.75) is 20.0 Å². The van der Waals surface area contributed by atoms with Gasteiger partial charge in [0.1, 0.15) is 22.3 Å². The number of hydrogen-bond donors (Lipinski definition) is 2. The van der Waals surface area contributed by atoms with E-state index in [4.69, 9.17) is 4.74 Å². The Labute approximate surface area is 261 Å². The van der Waals surface area contributed by atoms with E-state index in [1.807, 2.05) is 18.9 Å². The molecule has 234 valence electrons. The predicted octanol–water partition coefficient (Wildman–Crippen LogP) is 4.82. The Balaban J connectivity index is 1.78. The smallest absolute Gasteiger partial charge is 0.338 e. The summed E-state index contributed by atoms with van der Waals surface area (Å²) in [6.45, 7) is 3.15. The molecule has 0 fully saturated rings. The van der Waals surface area contributed by atoms with Gasteiger partial charge in [-0.3, -0.25) is 14.3 Å². The van der Waals surface area contributed by atoms with Crippen LogP contribution in [-0.2, 0) is 17.8 Å². The Kier molecular flexibility index (Phi) is 9.81. The molecule has 0 aliphatic carbocycles. The third-order valence-corrected chi connectivity index (χ3v) is 8.48. The number of nitrogens with zero attached hydrogens (tertiary/aromatic N) is 4. The molecule has 0 aliphatic rings. The molecule has 2 amide bonds. The zero-order valence-corrected chi connectivity index (χ0v) is 25.8.